The number of benzene rings is 1. The number of anilines is 2. The lowest BCUT2D eigenvalue weighted by Gasteiger charge is -2.19. The van der Waals surface area contributed by atoms with Crippen molar-refractivity contribution in [1.29, 1.82) is 0 Å². The Kier molecular flexibility index (Phi) is 3.69. The van der Waals surface area contributed by atoms with E-state index < -0.39 is 0 Å². The molecule has 1 unspecified atom stereocenters. The van der Waals surface area contributed by atoms with Gasteiger partial charge in [0.05, 0.1) is 11.2 Å². The summed E-state index contributed by atoms with van der Waals surface area (Å²) in [6.45, 7) is 1.68. The molecule has 1 atom stereocenters. The first-order chi connectivity index (χ1) is 9.72. The summed E-state index contributed by atoms with van der Waals surface area (Å²) in [5.74, 6) is 0.385. The number of nitrogens with zero attached hydrogens (tertiary/aromatic N) is 3. The molecule has 3 rings (SSSR count). The van der Waals surface area contributed by atoms with Crippen molar-refractivity contribution in [3.05, 3.63) is 47.6 Å². The Morgan fingerprint density at radius 3 is 3.00 bits per heavy atom. The standard InChI is InChI=1S/C14H14ClFN4/c15-12-2-1-11(7-13(12)16)20-6-3-10(9-20)19-14-8-17-4-5-18-14/h1-2,4-5,7-8,10H,3,6,9H2,(H,18,19). The van der Waals surface area contributed by atoms with E-state index in [9.17, 15) is 4.39 Å². The molecule has 1 N–H and O–H groups in total. The molecule has 0 bridgehead atoms. The van der Waals surface area contributed by atoms with Crippen LogP contribution in [-0.2, 0) is 0 Å². The second kappa shape index (κ2) is 5.63. The molecule has 2 aromatic rings. The molecule has 4 nitrogen and oxygen atoms in total. The molecule has 1 saturated heterocycles. The van der Waals surface area contributed by atoms with Crippen LogP contribution in [0, 0.1) is 5.82 Å². The number of rotatable bonds is 3. The highest BCUT2D eigenvalue weighted by Gasteiger charge is 2.23. The van der Waals surface area contributed by atoms with E-state index >= 15 is 0 Å². The highest BCUT2D eigenvalue weighted by molar-refractivity contribution is 6.30. The number of hydrogen-bond donors (Lipinski definition) is 1. The first-order valence-corrected chi connectivity index (χ1v) is 6.83. The smallest absolute Gasteiger partial charge is 0.144 e. The van der Waals surface area contributed by atoms with Crippen molar-refractivity contribution in [3.8, 4) is 0 Å². The monoisotopic (exact) mass is 292 g/mol. The predicted molar refractivity (Wildman–Crippen MR) is 77.7 cm³/mol. The van der Waals surface area contributed by atoms with Crippen molar-refractivity contribution in [2.75, 3.05) is 23.3 Å². The second-order valence-corrected chi connectivity index (χ2v) is 5.17. The maximum atomic E-state index is 13.5. The molecule has 104 valence electrons. The van der Waals surface area contributed by atoms with Crippen LogP contribution in [-0.4, -0.2) is 29.1 Å². The van der Waals surface area contributed by atoms with Crippen LogP contribution in [0.15, 0.2) is 36.8 Å². The highest BCUT2D eigenvalue weighted by Crippen LogP contribution is 2.25. The zero-order valence-electron chi connectivity index (χ0n) is 10.8. The van der Waals surface area contributed by atoms with Crippen LogP contribution in [0.25, 0.3) is 0 Å². The van der Waals surface area contributed by atoms with Gasteiger partial charge in [0, 0.05) is 37.2 Å². The lowest BCUT2D eigenvalue weighted by molar-refractivity contribution is 0.627. The Morgan fingerprint density at radius 1 is 1.35 bits per heavy atom. The van der Waals surface area contributed by atoms with Gasteiger partial charge in [-0.15, -0.1) is 0 Å². The third-order valence-electron chi connectivity index (χ3n) is 3.37. The molecule has 6 heteroatoms. The molecule has 0 radical (unpaired) electrons. The van der Waals surface area contributed by atoms with Crippen LogP contribution < -0.4 is 10.2 Å². The van der Waals surface area contributed by atoms with Crippen molar-refractivity contribution >= 4 is 23.1 Å². The lowest BCUT2D eigenvalue weighted by Crippen LogP contribution is -2.26. The fourth-order valence-electron chi connectivity index (χ4n) is 2.38. The molecule has 2 heterocycles. The van der Waals surface area contributed by atoms with E-state index in [1.807, 2.05) is 6.07 Å². The Labute approximate surface area is 121 Å². The first kappa shape index (κ1) is 13.1. The van der Waals surface area contributed by atoms with E-state index in [2.05, 4.69) is 20.2 Å². The van der Waals surface area contributed by atoms with Crippen LogP contribution in [0.5, 0.6) is 0 Å². The number of aromatic nitrogens is 2. The van der Waals surface area contributed by atoms with E-state index in [0.29, 0.717) is 0 Å². The quantitative estimate of drug-likeness (QED) is 0.944. The minimum absolute atomic E-state index is 0.155. The summed E-state index contributed by atoms with van der Waals surface area (Å²) in [5.41, 5.74) is 0.857. The maximum absolute atomic E-state index is 13.5. The molecular weight excluding hydrogens is 279 g/mol. The molecule has 1 aliphatic rings. The average molecular weight is 293 g/mol. The van der Waals surface area contributed by atoms with E-state index in [4.69, 9.17) is 11.6 Å². The van der Waals surface area contributed by atoms with Crippen LogP contribution in [0.4, 0.5) is 15.9 Å². The van der Waals surface area contributed by atoms with Crippen LogP contribution >= 0.6 is 11.6 Å². The molecule has 1 aliphatic heterocycles. The normalized spacial score (nSPS) is 18.3. The number of halogens is 2. The van der Waals surface area contributed by atoms with Gasteiger partial charge in [0.25, 0.3) is 0 Å². The second-order valence-electron chi connectivity index (χ2n) is 4.77. The van der Waals surface area contributed by atoms with Crippen LogP contribution in [0.3, 0.4) is 0 Å². The largest absolute Gasteiger partial charge is 0.369 e. The minimum Gasteiger partial charge on any atom is -0.369 e. The van der Waals surface area contributed by atoms with Gasteiger partial charge in [-0.05, 0) is 24.6 Å². The van der Waals surface area contributed by atoms with Crippen LogP contribution in [0.1, 0.15) is 6.42 Å². The molecule has 1 fully saturated rings. The van der Waals surface area contributed by atoms with Gasteiger partial charge >= 0.3 is 0 Å². The lowest BCUT2D eigenvalue weighted by atomic mass is 10.2. The Morgan fingerprint density at radius 2 is 2.25 bits per heavy atom. The fourth-order valence-corrected chi connectivity index (χ4v) is 2.49. The summed E-state index contributed by atoms with van der Waals surface area (Å²) < 4.78 is 13.5. The Balaban J connectivity index is 1.66. The zero-order chi connectivity index (χ0) is 13.9. The van der Waals surface area contributed by atoms with Gasteiger partial charge in [0.15, 0.2) is 0 Å². The summed E-state index contributed by atoms with van der Waals surface area (Å²) >= 11 is 5.70. The molecule has 0 aliphatic carbocycles. The third kappa shape index (κ3) is 2.82. The minimum atomic E-state index is -0.380. The van der Waals surface area contributed by atoms with E-state index in [-0.39, 0.29) is 16.9 Å². The summed E-state index contributed by atoms with van der Waals surface area (Å²) in [4.78, 5) is 10.4. The van der Waals surface area contributed by atoms with Gasteiger partial charge in [-0.1, -0.05) is 11.6 Å². The molecule has 0 saturated carbocycles. The summed E-state index contributed by atoms with van der Waals surface area (Å²) in [7, 11) is 0. The van der Waals surface area contributed by atoms with Gasteiger partial charge in [-0.3, -0.25) is 4.98 Å². The summed E-state index contributed by atoms with van der Waals surface area (Å²) in [5, 5.41) is 3.49. The first-order valence-electron chi connectivity index (χ1n) is 6.45. The van der Waals surface area contributed by atoms with Crippen molar-refractivity contribution < 1.29 is 4.39 Å². The van der Waals surface area contributed by atoms with Gasteiger partial charge in [0.2, 0.25) is 0 Å². The van der Waals surface area contributed by atoms with Gasteiger partial charge in [-0.25, -0.2) is 9.37 Å². The van der Waals surface area contributed by atoms with E-state index in [1.54, 1.807) is 24.7 Å². The summed E-state index contributed by atoms with van der Waals surface area (Å²) in [6.07, 6.45) is 5.97. The maximum Gasteiger partial charge on any atom is 0.144 e. The number of hydrogen-bond acceptors (Lipinski definition) is 4. The Hall–Kier alpha value is -1.88. The van der Waals surface area contributed by atoms with Crippen molar-refractivity contribution in [2.45, 2.75) is 12.5 Å². The van der Waals surface area contributed by atoms with Crippen molar-refractivity contribution in [3.63, 3.8) is 0 Å². The van der Waals surface area contributed by atoms with Crippen molar-refractivity contribution in [1.82, 2.24) is 9.97 Å². The van der Waals surface area contributed by atoms with E-state index in [1.165, 1.54) is 6.07 Å². The van der Waals surface area contributed by atoms with Gasteiger partial charge in [0.1, 0.15) is 11.6 Å². The molecule has 0 spiro atoms. The average Bonchev–Trinajstić information content (AvgIpc) is 2.91. The Bertz CT molecular complexity index is 593. The molecular formula is C14H14ClFN4. The van der Waals surface area contributed by atoms with Crippen molar-refractivity contribution in [2.24, 2.45) is 0 Å². The SMILES string of the molecule is Fc1cc(N2CCC(Nc3cnccn3)C2)ccc1Cl. The van der Waals surface area contributed by atoms with E-state index in [0.717, 1.165) is 31.0 Å². The highest BCUT2D eigenvalue weighted by atomic mass is 35.5. The topological polar surface area (TPSA) is 41.0 Å². The fraction of sp³-hybridized carbons (Fsp3) is 0.286. The zero-order valence-corrected chi connectivity index (χ0v) is 11.5. The number of nitrogens with one attached hydrogen (secondary N) is 1. The molecule has 0 amide bonds. The third-order valence-corrected chi connectivity index (χ3v) is 3.68. The summed E-state index contributed by atoms with van der Waals surface area (Å²) in [6, 6.07) is 5.20. The molecule has 1 aromatic carbocycles. The predicted octanol–water partition coefficient (Wildman–Crippen LogP) is 2.96. The molecule has 1 aromatic heterocycles. The molecule has 20 heavy (non-hydrogen) atoms. The van der Waals surface area contributed by atoms with Gasteiger partial charge < -0.3 is 10.2 Å². The van der Waals surface area contributed by atoms with Gasteiger partial charge in [-0.2, -0.15) is 0 Å². The van der Waals surface area contributed by atoms with Crippen LogP contribution in [0.2, 0.25) is 5.02 Å².